The van der Waals surface area contributed by atoms with E-state index in [0.29, 0.717) is 5.92 Å². The maximum atomic E-state index is 11.2. The van der Waals surface area contributed by atoms with Crippen LogP contribution < -0.4 is 0 Å². The van der Waals surface area contributed by atoms with Gasteiger partial charge in [-0.1, -0.05) is 68.7 Å². The highest BCUT2D eigenvalue weighted by molar-refractivity contribution is 4.92. The second-order valence-electron chi connectivity index (χ2n) is 6.28. The normalized spacial score (nSPS) is 9.59. The second kappa shape index (κ2) is 18.0. The Kier molecular flexibility index (Phi) is 21.2. The Morgan fingerprint density at radius 1 is 0.864 bits per heavy atom. The summed E-state index contributed by atoms with van der Waals surface area (Å²) >= 11 is 0. The van der Waals surface area contributed by atoms with E-state index in [-0.39, 0.29) is 0 Å². The summed E-state index contributed by atoms with van der Waals surface area (Å²) in [5.41, 5.74) is 0. The number of rotatable bonds is 2. The zero-order valence-electron chi connectivity index (χ0n) is 15.9. The van der Waals surface area contributed by atoms with E-state index in [2.05, 4.69) is 58.4 Å². The number of halogens is 2. The molecule has 22 heavy (non-hydrogen) atoms. The van der Waals surface area contributed by atoms with Crippen molar-refractivity contribution in [1.29, 1.82) is 0 Å². The number of hydrogen-bond acceptors (Lipinski definition) is 2. The van der Waals surface area contributed by atoms with Gasteiger partial charge in [0, 0.05) is 24.2 Å². The minimum absolute atomic E-state index is 0.436. The van der Waals surface area contributed by atoms with Crippen molar-refractivity contribution in [2.24, 2.45) is 11.8 Å². The van der Waals surface area contributed by atoms with Crippen LogP contribution in [0, 0.1) is 11.8 Å². The second-order valence-corrected chi connectivity index (χ2v) is 6.28. The van der Waals surface area contributed by atoms with Gasteiger partial charge in [0.25, 0.3) is 0 Å². The van der Waals surface area contributed by atoms with Crippen molar-refractivity contribution in [3.63, 3.8) is 0 Å². The summed E-state index contributed by atoms with van der Waals surface area (Å²) in [6.45, 7) is 17.9. The molecule has 0 spiro atoms. The maximum Gasteiger partial charge on any atom is 0.240 e. The van der Waals surface area contributed by atoms with E-state index in [9.17, 15) is 8.78 Å². The largest absolute Gasteiger partial charge is 0.241 e. The van der Waals surface area contributed by atoms with Crippen molar-refractivity contribution in [3.8, 4) is 0 Å². The molecule has 0 bridgehead atoms. The van der Waals surface area contributed by atoms with E-state index in [1.165, 1.54) is 20.3 Å². The zero-order valence-corrected chi connectivity index (χ0v) is 15.9. The predicted molar refractivity (Wildman–Crippen MR) is 93.4 cm³/mol. The first-order valence-corrected chi connectivity index (χ1v) is 8.14. The highest BCUT2D eigenvalue weighted by Gasteiger charge is 2.05. The molecule has 132 valence electrons. The van der Waals surface area contributed by atoms with E-state index < -0.39 is 12.3 Å². The maximum absolute atomic E-state index is 11.2. The number of aromatic nitrogens is 2. The van der Waals surface area contributed by atoms with Gasteiger partial charge < -0.3 is 0 Å². The average molecular weight is 318 g/mol. The van der Waals surface area contributed by atoms with Crippen LogP contribution in [0.3, 0.4) is 0 Å². The molecular formula is C18H36F2N2. The fourth-order valence-corrected chi connectivity index (χ4v) is 0.609. The topological polar surface area (TPSA) is 25.8 Å². The van der Waals surface area contributed by atoms with E-state index in [0.717, 1.165) is 11.7 Å². The lowest BCUT2D eigenvalue weighted by atomic mass is 10.2. The fourth-order valence-electron chi connectivity index (χ4n) is 0.609. The van der Waals surface area contributed by atoms with Crippen molar-refractivity contribution in [1.82, 2.24) is 9.97 Å². The van der Waals surface area contributed by atoms with Gasteiger partial charge in [0.05, 0.1) is 0 Å². The van der Waals surface area contributed by atoms with Gasteiger partial charge in [-0.25, -0.2) is 18.7 Å². The molecule has 1 aromatic rings. The van der Waals surface area contributed by atoms with E-state index in [1.54, 1.807) is 12.4 Å². The molecule has 0 saturated carbocycles. The lowest BCUT2D eigenvalue weighted by Crippen LogP contribution is -1.99. The van der Waals surface area contributed by atoms with Crippen LogP contribution >= 0.6 is 0 Å². The summed E-state index contributed by atoms with van der Waals surface area (Å²) in [4.78, 5) is 8.13. The smallest absolute Gasteiger partial charge is 0.240 e. The molecule has 0 aliphatic heterocycles. The summed E-state index contributed by atoms with van der Waals surface area (Å²) < 4.78 is 22.3. The standard InChI is InChI=1S/C7H10N2.C4H8F2.C4H10.C3H8/c1-6(2)7-8-4-3-5-9-7;1-3(2)4(5)6;1-4(2)3;1-3-2/h3-6H,1-2H3;3-4H,1-2H3;4H,1-3H3;3H2,1-2H3. The van der Waals surface area contributed by atoms with E-state index in [1.807, 2.05) is 6.07 Å². The zero-order chi connectivity index (χ0) is 18.1. The van der Waals surface area contributed by atoms with E-state index in [4.69, 9.17) is 0 Å². The Hall–Kier alpha value is -1.06. The average Bonchev–Trinajstić information content (AvgIpc) is 2.40. The fraction of sp³-hybridized carbons (Fsp3) is 0.778. The van der Waals surface area contributed by atoms with Crippen LogP contribution in [0.15, 0.2) is 18.5 Å². The third kappa shape index (κ3) is 27.3. The molecule has 0 aliphatic rings. The highest BCUT2D eigenvalue weighted by Crippen LogP contribution is 2.05. The van der Waals surface area contributed by atoms with Gasteiger partial charge >= 0.3 is 0 Å². The summed E-state index contributed by atoms with van der Waals surface area (Å²) in [6.07, 6.45) is 2.63. The third-order valence-corrected chi connectivity index (χ3v) is 1.61. The van der Waals surface area contributed by atoms with Crippen molar-refractivity contribution in [2.75, 3.05) is 0 Å². The summed E-state index contributed by atoms with van der Waals surface area (Å²) in [5.74, 6) is 1.70. The Balaban J connectivity index is -0.000000243. The van der Waals surface area contributed by atoms with Crippen LogP contribution in [0.1, 0.15) is 80.5 Å². The molecule has 1 rings (SSSR count). The molecule has 0 aromatic carbocycles. The number of nitrogens with zero attached hydrogens (tertiary/aromatic N) is 2. The van der Waals surface area contributed by atoms with Crippen LogP contribution in [-0.4, -0.2) is 16.4 Å². The Morgan fingerprint density at radius 2 is 1.14 bits per heavy atom. The Morgan fingerprint density at radius 3 is 1.27 bits per heavy atom. The van der Waals surface area contributed by atoms with Crippen LogP contribution in [0.25, 0.3) is 0 Å². The molecule has 0 aliphatic carbocycles. The molecule has 0 N–H and O–H groups in total. The first-order chi connectivity index (χ1) is 10.1. The van der Waals surface area contributed by atoms with Gasteiger partial charge in [0.1, 0.15) is 5.82 Å². The summed E-state index contributed by atoms with van der Waals surface area (Å²) in [5, 5.41) is 0. The monoisotopic (exact) mass is 318 g/mol. The van der Waals surface area contributed by atoms with Crippen LogP contribution in [0.4, 0.5) is 8.78 Å². The van der Waals surface area contributed by atoms with Crippen LogP contribution in [-0.2, 0) is 0 Å². The molecule has 4 heteroatoms. The van der Waals surface area contributed by atoms with Gasteiger partial charge in [-0.2, -0.15) is 0 Å². The molecule has 0 saturated heterocycles. The van der Waals surface area contributed by atoms with Crippen LogP contribution in [0.5, 0.6) is 0 Å². The highest BCUT2D eigenvalue weighted by atomic mass is 19.3. The van der Waals surface area contributed by atoms with Crippen molar-refractivity contribution in [3.05, 3.63) is 24.3 Å². The molecule has 0 fully saturated rings. The minimum atomic E-state index is -2.15. The number of hydrogen-bond donors (Lipinski definition) is 0. The van der Waals surface area contributed by atoms with Gasteiger partial charge in [0.15, 0.2) is 0 Å². The Bertz CT molecular complexity index is 290. The third-order valence-electron chi connectivity index (χ3n) is 1.61. The van der Waals surface area contributed by atoms with Gasteiger partial charge in [-0.3, -0.25) is 0 Å². The summed E-state index contributed by atoms with van der Waals surface area (Å²) in [6, 6.07) is 1.83. The Labute approximate surface area is 136 Å². The first-order valence-electron chi connectivity index (χ1n) is 8.14. The molecule has 1 aromatic heterocycles. The molecule has 0 radical (unpaired) electrons. The molecule has 2 nitrogen and oxygen atoms in total. The van der Waals surface area contributed by atoms with Crippen molar-refractivity contribution >= 4 is 0 Å². The van der Waals surface area contributed by atoms with Crippen molar-refractivity contribution in [2.45, 2.75) is 81.1 Å². The van der Waals surface area contributed by atoms with E-state index >= 15 is 0 Å². The molecule has 0 atom stereocenters. The molecule has 1 heterocycles. The lowest BCUT2D eigenvalue weighted by Gasteiger charge is -1.98. The minimum Gasteiger partial charge on any atom is -0.241 e. The quantitative estimate of drug-likeness (QED) is 0.615. The summed E-state index contributed by atoms with van der Waals surface area (Å²) in [7, 11) is 0. The van der Waals surface area contributed by atoms with Crippen molar-refractivity contribution < 1.29 is 8.78 Å². The predicted octanol–water partition coefficient (Wildman–Crippen LogP) is 6.59. The van der Waals surface area contributed by atoms with Gasteiger partial charge in [-0.15, -0.1) is 0 Å². The SMILES string of the molecule is CC(C)C.CC(C)C(F)F.CC(C)c1ncccn1.CCC. The first kappa shape index (κ1) is 25.9. The molecule has 0 unspecified atom stereocenters. The van der Waals surface area contributed by atoms with Crippen LogP contribution in [0.2, 0.25) is 0 Å². The molecule has 0 amide bonds. The lowest BCUT2D eigenvalue weighted by molar-refractivity contribution is 0.0955. The van der Waals surface area contributed by atoms with Gasteiger partial charge in [-0.05, 0) is 12.0 Å². The molecular weight excluding hydrogens is 282 g/mol. The number of alkyl halides is 2. The van der Waals surface area contributed by atoms with Gasteiger partial charge in [0.2, 0.25) is 6.43 Å².